The van der Waals surface area contributed by atoms with Gasteiger partial charge >= 0.3 is 5.97 Å². The topological polar surface area (TPSA) is 80.2 Å². The fourth-order valence-corrected chi connectivity index (χ4v) is 3.11. The predicted octanol–water partition coefficient (Wildman–Crippen LogP) is 1.35. The van der Waals surface area contributed by atoms with E-state index in [9.17, 15) is 9.59 Å². The second-order valence-corrected chi connectivity index (χ2v) is 5.82. The molecule has 0 aromatic carbocycles. The van der Waals surface area contributed by atoms with Gasteiger partial charge < -0.3 is 5.11 Å². The molecule has 0 radical (unpaired) electrons. The number of Topliss-reactive ketones (excluding diaryl/α,β-unsaturated/α-hetero) is 1. The van der Waals surface area contributed by atoms with Crippen LogP contribution in [-0.2, 0) is 9.59 Å². The zero-order valence-corrected chi connectivity index (χ0v) is 10.2. The average molecular weight is 264 g/mol. The van der Waals surface area contributed by atoms with E-state index in [1.54, 1.807) is 0 Å². The minimum Gasteiger partial charge on any atom is -0.481 e. The minimum atomic E-state index is -1.00. The zero-order valence-electron chi connectivity index (χ0n) is 7.71. The van der Waals surface area contributed by atoms with E-state index in [-0.39, 0.29) is 12.2 Å². The lowest BCUT2D eigenvalue weighted by molar-refractivity contribution is -0.138. The molecule has 1 aromatic rings. The molecule has 8 heteroatoms. The molecule has 1 unspecified atom stereocenters. The highest BCUT2D eigenvalue weighted by Crippen LogP contribution is 2.29. The first-order valence-electron chi connectivity index (χ1n) is 3.90. The molecule has 82 valence electrons. The van der Waals surface area contributed by atoms with Crippen LogP contribution in [0.3, 0.4) is 0 Å². The van der Waals surface area contributed by atoms with Gasteiger partial charge in [0.2, 0.25) is 0 Å². The number of carboxylic acids is 1. The molecule has 0 spiro atoms. The van der Waals surface area contributed by atoms with Crippen LogP contribution in [0.2, 0.25) is 0 Å². The molecule has 15 heavy (non-hydrogen) atoms. The monoisotopic (exact) mass is 264 g/mol. The van der Waals surface area contributed by atoms with Gasteiger partial charge in [-0.2, -0.15) is 0 Å². The summed E-state index contributed by atoms with van der Waals surface area (Å²) < 4.78 is 1.05. The first-order valence-corrected chi connectivity index (χ1v) is 6.04. The lowest BCUT2D eigenvalue weighted by Gasteiger charge is -2.07. The van der Waals surface area contributed by atoms with Gasteiger partial charge in [0.15, 0.2) is 8.68 Å². The van der Waals surface area contributed by atoms with Crippen molar-refractivity contribution in [3.63, 3.8) is 0 Å². The number of thiol groups is 1. The van der Waals surface area contributed by atoms with Gasteiger partial charge in [0.25, 0.3) is 0 Å². The Hall–Kier alpha value is -0.600. The van der Waals surface area contributed by atoms with Crippen molar-refractivity contribution >= 4 is 47.5 Å². The van der Waals surface area contributed by atoms with E-state index in [2.05, 4.69) is 22.8 Å². The van der Waals surface area contributed by atoms with Crippen molar-refractivity contribution in [1.82, 2.24) is 10.2 Å². The van der Waals surface area contributed by atoms with Gasteiger partial charge in [-0.1, -0.05) is 23.1 Å². The van der Waals surface area contributed by atoms with Gasteiger partial charge in [-0.25, -0.2) is 0 Å². The summed E-state index contributed by atoms with van der Waals surface area (Å²) in [6.07, 6.45) is -0.207. The highest BCUT2D eigenvalue weighted by atomic mass is 32.2. The molecular formula is C7H8N2O3S3. The predicted molar refractivity (Wildman–Crippen MR) is 59.7 cm³/mol. The molecule has 0 bridgehead atoms. The zero-order chi connectivity index (χ0) is 11.4. The number of carboxylic acid groups (broad SMARTS) is 1. The molecule has 0 aliphatic heterocycles. The Balaban J connectivity index is 2.66. The Morgan fingerprint density at radius 3 is 2.67 bits per heavy atom. The molecule has 1 rings (SSSR count). The average Bonchev–Trinajstić information content (AvgIpc) is 2.49. The number of thioether (sulfide) groups is 1. The maximum atomic E-state index is 11.1. The highest BCUT2D eigenvalue weighted by Gasteiger charge is 2.21. The standard InChI is InChI=1S/C7H8N2O3S3/c1-3(10)4(2-5(11)12)14-7-9-8-6(13)15-7/h4H,2H2,1H3,(H,8,13)(H,11,12). The summed E-state index contributed by atoms with van der Waals surface area (Å²) >= 11 is 6.31. The van der Waals surface area contributed by atoms with E-state index in [1.165, 1.54) is 18.3 Å². The molecule has 0 aliphatic rings. The summed E-state index contributed by atoms with van der Waals surface area (Å²) in [7, 11) is 0. The van der Waals surface area contributed by atoms with E-state index in [4.69, 9.17) is 5.11 Å². The third kappa shape index (κ3) is 4.18. The Bertz CT molecular complexity index is 379. The molecule has 5 nitrogen and oxygen atoms in total. The van der Waals surface area contributed by atoms with Crippen molar-refractivity contribution in [2.45, 2.75) is 27.3 Å². The van der Waals surface area contributed by atoms with Gasteiger partial charge in [-0.05, 0) is 6.92 Å². The Kier molecular flexibility index (Phi) is 4.55. The van der Waals surface area contributed by atoms with Crippen LogP contribution in [0.15, 0.2) is 8.68 Å². The molecule has 0 fully saturated rings. The number of carbonyl (C=O) groups is 2. The second kappa shape index (κ2) is 5.47. The van der Waals surface area contributed by atoms with E-state index in [1.807, 2.05) is 0 Å². The second-order valence-electron chi connectivity index (χ2n) is 2.67. The van der Waals surface area contributed by atoms with Gasteiger partial charge in [-0.15, -0.1) is 22.8 Å². The summed E-state index contributed by atoms with van der Waals surface area (Å²) in [5.74, 6) is -1.18. The van der Waals surface area contributed by atoms with Crippen molar-refractivity contribution in [3.8, 4) is 0 Å². The Morgan fingerprint density at radius 1 is 1.60 bits per heavy atom. The third-order valence-corrected chi connectivity index (χ3v) is 3.94. The fourth-order valence-electron chi connectivity index (χ4n) is 0.799. The van der Waals surface area contributed by atoms with Crippen molar-refractivity contribution in [1.29, 1.82) is 0 Å². The summed E-state index contributed by atoms with van der Waals surface area (Å²) in [6, 6.07) is 0. The number of carbonyl (C=O) groups excluding carboxylic acids is 1. The molecule has 1 atom stereocenters. The van der Waals surface area contributed by atoms with E-state index >= 15 is 0 Å². The van der Waals surface area contributed by atoms with Crippen LogP contribution >= 0.6 is 35.7 Å². The third-order valence-electron chi connectivity index (χ3n) is 1.45. The van der Waals surface area contributed by atoms with Crippen LogP contribution in [0.1, 0.15) is 13.3 Å². The van der Waals surface area contributed by atoms with Crippen LogP contribution in [0.25, 0.3) is 0 Å². The summed E-state index contributed by atoms with van der Waals surface area (Å²) in [6.45, 7) is 1.36. The number of ketones is 1. The molecule has 0 amide bonds. The van der Waals surface area contributed by atoms with Crippen LogP contribution in [0, 0.1) is 0 Å². The quantitative estimate of drug-likeness (QED) is 0.617. The van der Waals surface area contributed by atoms with Crippen LogP contribution in [0.4, 0.5) is 0 Å². The molecule has 1 N–H and O–H groups in total. The van der Waals surface area contributed by atoms with Crippen LogP contribution < -0.4 is 0 Å². The Morgan fingerprint density at radius 2 is 2.27 bits per heavy atom. The minimum absolute atomic E-state index is 0.182. The summed E-state index contributed by atoms with van der Waals surface area (Å²) in [5.41, 5.74) is 0. The number of hydrogen-bond acceptors (Lipinski definition) is 7. The lowest BCUT2D eigenvalue weighted by atomic mass is 10.2. The first kappa shape index (κ1) is 12.5. The van der Waals surface area contributed by atoms with E-state index < -0.39 is 11.2 Å². The fraction of sp³-hybridized carbons (Fsp3) is 0.429. The molecule has 1 aromatic heterocycles. The van der Waals surface area contributed by atoms with E-state index in [0.717, 1.165) is 11.8 Å². The highest BCUT2D eigenvalue weighted by molar-refractivity contribution is 8.02. The molecule has 1 heterocycles. The maximum Gasteiger partial charge on any atom is 0.304 e. The largest absolute Gasteiger partial charge is 0.481 e. The van der Waals surface area contributed by atoms with Crippen LogP contribution in [-0.4, -0.2) is 32.3 Å². The van der Waals surface area contributed by atoms with Gasteiger partial charge in [-0.3, -0.25) is 9.59 Å². The number of nitrogens with zero attached hydrogens (tertiary/aromatic N) is 2. The van der Waals surface area contributed by atoms with Gasteiger partial charge in [0, 0.05) is 0 Å². The smallest absolute Gasteiger partial charge is 0.304 e. The maximum absolute atomic E-state index is 11.1. The molecular weight excluding hydrogens is 256 g/mol. The SMILES string of the molecule is CC(=O)C(CC(=O)O)Sc1nnc(S)s1. The molecule has 0 aliphatic carbocycles. The number of aromatic nitrogens is 2. The first-order chi connectivity index (χ1) is 6.99. The van der Waals surface area contributed by atoms with E-state index in [0.29, 0.717) is 8.68 Å². The summed E-state index contributed by atoms with van der Waals surface area (Å²) in [5, 5.41) is 15.4. The number of aliphatic carboxylic acids is 1. The van der Waals surface area contributed by atoms with Crippen LogP contribution in [0.5, 0.6) is 0 Å². The van der Waals surface area contributed by atoms with Crippen molar-refractivity contribution in [2.24, 2.45) is 0 Å². The Labute approximate surface area is 99.7 Å². The van der Waals surface area contributed by atoms with Gasteiger partial charge in [0.05, 0.1) is 11.7 Å². The summed E-state index contributed by atoms with van der Waals surface area (Å²) in [4.78, 5) is 21.6. The molecule has 0 saturated carbocycles. The molecule has 0 saturated heterocycles. The number of hydrogen-bond donors (Lipinski definition) is 2. The van der Waals surface area contributed by atoms with Crippen molar-refractivity contribution < 1.29 is 14.7 Å². The van der Waals surface area contributed by atoms with Crippen molar-refractivity contribution in [3.05, 3.63) is 0 Å². The lowest BCUT2D eigenvalue weighted by Crippen LogP contribution is -2.17. The van der Waals surface area contributed by atoms with Crippen molar-refractivity contribution in [2.75, 3.05) is 0 Å². The van der Waals surface area contributed by atoms with Gasteiger partial charge in [0.1, 0.15) is 5.78 Å². The normalized spacial score (nSPS) is 12.4. The number of rotatable bonds is 5.